The molecular weight excluding hydrogens is 254 g/mol. The van der Waals surface area contributed by atoms with E-state index in [0.717, 1.165) is 37.0 Å². The molecule has 6 heteroatoms. The molecule has 1 saturated heterocycles. The van der Waals surface area contributed by atoms with E-state index in [1.807, 2.05) is 13.1 Å². The fourth-order valence-corrected chi connectivity index (χ4v) is 2.64. The van der Waals surface area contributed by atoms with E-state index < -0.39 is 0 Å². The SMILES string of the molecule is CNc1cc(N2CCC(NC(C)=O)C2)nc(C2CC2)n1. The highest BCUT2D eigenvalue weighted by Gasteiger charge is 2.29. The van der Waals surface area contributed by atoms with E-state index >= 15 is 0 Å². The van der Waals surface area contributed by atoms with E-state index in [0.29, 0.717) is 5.92 Å². The Balaban J connectivity index is 1.76. The number of nitrogens with zero attached hydrogens (tertiary/aromatic N) is 3. The van der Waals surface area contributed by atoms with Crippen LogP contribution in [0.2, 0.25) is 0 Å². The molecule has 20 heavy (non-hydrogen) atoms. The molecule has 1 aromatic rings. The lowest BCUT2D eigenvalue weighted by atomic mass is 10.2. The third-order valence-electron chi connectivity index (χ3n) is 3.85. The lowest BCUT2D eigenvalue weighted by Crippen LogP contribution is -2.35. The number of rotatable bonds is 4. The summed E-state index contributed by atoms with van der Waals surface area (Å²) < 4.78 is 0. The van der Waals surface area contributed by atoms with Gasteiger partial charge in [-0.1, -0.05) is 0 Å². The standard InChI is InChI=1S/C14H21N5O/c1-9(20)16-11-5-6-19(8-11)13-7-12(15-2)17-14(18-13)10-3-4-10/h7,10-11H,3-6,8H2,1-2H3,(H,16,20)(H,15,17,18). The Hall–Kier alpha value is -1.85. The van der Waals surface area contributed by atoms with E-state index in [-0.39, 0.29) is 11.9 Å². The van der Waals surface area contributed by atoms with Crippen LogP contribution in [-0.2, 0) is 4.79 Å². The molecule has 1 aliphatic heterocycles. The molecule has 2 fully saturated rings. The molecule has 0 spiro atoms. The Kier molecular flexibility index (Phi) is 3.46. The minimum atomic E-state index is 0.0362. The van der Waals surface area contributed by atoms with E-state index in [2.05, 4.69) is 20.5 Å². The molecule has 2 aliphatic rings. The van der Waals surface area contributed by atoms with E-state index in [1.165, 1.54) is 12.8 Å². The zero-order chi connectivity index (χ0) is 14.1. The summed E-state index contributed by atoms with van der Waals surface area (Å²) in [5, 5.41) is 6.09. The van der Waals surface area contributed by atoms with Gasteiger partial charge in [0.2, 0.25) is 5.91 Å². The smallest absolute Gasteiger partial charge is 0.217 e. The van der Waals surface area contributed by atoms with Gasteiger partial charge >= 0.3 is 0 Å². The van der Waals surface area contributed by atoms with Gasteiger partial charge in [-0.15, -0.1) is 0 Å². The molecule has 1 amide bonds. The second-order valence-corrected chi connectivity index (χ2v) is 5.63. The number of hydrogen-bond donors (Lipinski definition) is 2. The average Bonchev–Trinajstić information content (AvgIpc) is 3.18. The number of carbonyl (C=O) groups excluding carboxylic acids is 1. The van der Waals surface area contributed by atoms with Gasteiger partial charge in [0, 0.05) is 45.1 Å². The van der Waals surface area contributed by atoms with Crippen LogP contribution in [0.3, 0.4) is 0 Å². The number of nitrogens with one attached hydrogen (secondary N) is 2. The van der Waals surface area contributed by atoms with Crippen LogP contribution < -0.4 is 15.5 Å². The monoisotopic (exact) mass is 275 g/mol. The minimum Gasteiger partial charge on any atom is -0.373 e. The van der Waals surface area contributed by atoms with Crippen LogP contribution in [0.1, 0.15) is 37.9 Å². The first kappa shape index (κ1) is 13.1. The summed E-state index contributed by atoms with van der Waals surface area (Å²) in [6.07, 6.45) is 3.36. The molecule has 6 nitrogen and oxygen atoms in total. The molecule has 0 bridgehead atoms. The van der Waals surface area contributed by atoms with Crippen molar-refractivity contribution < 1.29 is 4.79 Å². The van der Waals surface area contributed by atoms with Gasteiger partial charge in [0.1, 0.15) is 17.5 Å². The second-order valence-electron chi connectivity index (χ2n) is 5.63. The molecule has 2 N–H and O–H groups in total. The average molecular weight is 275 g/mol. The highest BCUT2D eigenvalue weighted by molar-refractivity contribution is 5.73. The van der Waals surface area contributed by atoms with Gasteiger partial charge in [0.15, 0.2) is 0 Å². The van der Waals surface area contributed by atoms with Crippen LogP contribution in [0.5, 0.6) is 0 Å². The minimum absolute atomic E-state index is 0.0362. The highest BCUT2D eigenvalue weighted by Crippen LogP contribution is 2.39. The van der Waals surface area contributed by atoms with Crippen LogP contribution >= 0.6 is 0 Å². The molecule has 1 saturated carbocycles. The fraction of sp³-hybridized carbons (Fsp3) is 0.643. The fourth-order valence-electron chi connectivity index (χ4n) is 2.64. The molecule has 3 rings (SSSR count). The first-order chi connectivity index (χ1) is 9.65. The van der Waals surface area contributed by atoms with Crippen LogP contribution in [0.4, 0.5) is 11.6 Å². The van der Waals surface area contributed by atoms with Crippen molar-refractivity contribution in [2.45, 2.75) is 38.1 Å². The van der Waals surface area contributed by atoms with Crippen LogP contribution in [0.15, 0.2) is 6.07 Å². The van der Waals surface area contributed by atoms with Gasteiger partial charge in [0.25, 0.3) is 0 Å². The molecule has 108 valence electrons. The predicted molar refractivity (Wildman–Crippen MR) is 78.0 cm³/mol. The van der Waals surface area contributed by atoms with E-state index in [1.54, 1.807) is 6.92 Å². The van der Waals surface area contributed by atoms with Crippen molar-refractivity contribution in [1.29, 1.82) is 0 Å². The predicted octanol–water partition coefficient (Wildman–Crippen LogP) is 1.11. The summed E-state index contributed by atoms with van der Waals surface area (Å²) >= 11 is 0. The van der Waals surface area contributed by atoms with Gasteiger partial charge in [-0.05, 0) is 19.3 Å². The summed E-state index contributed by atoms with van der Waals surface area (Å²) in [5.74, 6) is 3.37. The van der Waals surface area contributed by atoms with E-state index in [9.17, 15) is 4.79 Å². The Morgan fingerprint density at radius 2 is 2.15 bits per heavy atom. The molecule has 1 atom stereocenters. The van der Waals surface area contributed by atoms with Gasteiger partial charge in [-0.3, -0.25) is 4.79 Å². The summed E-state index contributed by atoms with van der Waals surface area (Å²) in [5.41, 5.74) is 0. The maximum absolute atomic E-state index is 11.1. The quantitative estimate of drug-likeness (QED) is 0.861. The highest BCUT2D eigenvalue weighted by atomic mass is 16.1. The van der Waals surface area contributed by atoms with Crippen molar-refractivity contribution in [2.75, 3.05) is 30.4 Å². The summed E-state index contributed by atoms with van der Waals surface area (Å²) in [6.45, 7) is 3.32. The Bertz CT molecular complexity index is 514. The topological polar surface area (TPSA) is 70.2 Å². The zero-order valence-corrected chi connectivity index (χ0v) is 12.0. The number of carbonyl (C=O) groups is 1. The molecule has 0 radical (unpaired) electrons. The summed E-state index contributed by atoms with van der Waals surface area (Å²) in [4.78, 5) is 22.6. The number of aromatic nitrogens is 2. The van der Waals surface area contributed by atoms with Crippen molar-refractivity contribution in [3.63, 3.8) is 0 Å². The van der Waals surface area contributed by atoms with Crippen LogP contribution in [0, 0.1) is 0 Å². The summed E-state index contributed by atoms with van der Waals surface area (Å²) in [6, 6.07) is 2.21. The second kappa shape index (κ2) is 5.26. The van der Waals surface area contributed by atoms with Gasteiger partial charge < -0.3 is 15.5 Å². The third-order valence-corrected chi connectivity index (χ3v) is 3.85. The van der Waals surface area contributed by atoms with Crippen molar-refractivity contribution in [1.82, 2.24) is 15.3 Å². The summed E-state index contributed by atoms with van der Waals surface area (Å²) in [7, 11) is 1.88. The Labute approximate surface area is 119 Å². The normalized spacial score (nSPS) is 21.9. The number of hydrogen-bond acceptors (Lipinski definition) is 5. The van der Waals surface area contributed by atoms with Crippen molar-refractivity contribution in [2.24, 2.45) is 0 Å². The number of amides is 1. The molecule has 1 aliphatic carbocycles. The van der Waals surface area contributed by atoms with Crippen LogP contribution in [-0.4, -0.2) is 42.1 Å². The molecule has 0 aromatic carbocycles. The number of anilines is 2. The lowest BCUT2D eigenvalue weighted by molar-refractivity contribution is -0.119. The molecule has 1 unspecified atom stereocenters. The van der Waals surface area contributed by atoms with Gasteiger partial charge in [0.05, 0.1) is 0 Å². The maximum Gasteiger partial charge on any atom is 0.217 e. The largest absolute Gasteiger partial charge is 0.373 e. The Morgan fingerprint density at radius 1 is 1.35 bits per heavy atom. The first-order valence-corrected chi connectivity index (χ1v) is 7.24. The lowest BCUT2D eigenvalue weighted by Gasteiger charge is -2.19. The van der Waals surface area contributed by atoms with Crippen LogP contribution in [0.25, 0.3) is 0 Å². The molecular formula is C14H21N5O. The molecule has 1 aromatic heterocycles. The van der Waals surface area contributed by atoms with Gasteiger partial charge in [-0.25, -0.2) is 9.97 Å². The van der Waals surface area contributed by atoms with E-state index in [4.69, 9.17) is 4.98 Å². The van der Waals surface area contributed by atoms with Crippen molar-refractivity contribution in [3.05, 3.63) is 11.9 Å². The maximum atomic E-state index is 11.1. The Morgan fingerprint density at radius 3 is 2.80 bits per heavy atom. The first-order valence-electron chi connectivity index (χ1n) is 7.24. The van der Waals surface area contributed by atoms with Crippen molar-refractivity contribution in [3.8, 4) is 0 Å². The zero-order valence-electron chi connectivity index (χ0n) is 12.0. The molecule has 2 heterocycles. The van der Waals surface area contributed by atoms with Gasteiger partial charge in [-0.2, -0.15) is 0 Å². The van der Waals surface area contributed by atoms with Crippen molar-refractivity contribution >= 4 is 17.5 Å². The third kappa shape index (κ3) is 2.84.